The minimum Gasteiger partial charge on any atom is -0.414 e. The highest BCUT2D eigenvalue weighted by molar-refractivity contribution is 9.10. The molecule has 126 valence electrons. The van der Waals surface area contributed by atoms with Crippen molar-refractivity contribution in [3.05, 3.63) is 55.6 Å². The van der Waals surface area contributed by atoms with Crippen LogP contribution in [0.1, 0.15) is 22.8 Å². The average molecular weight is 448 g/mol. The second kappa shape index (κ2) is 7.47. The SMILES string of the molecule is Cc1nn(Cc2nnc(SCc3c(Cl)cccc3Cl)o2)c(C)c1Br. The summed E-state index contributed by atoms with van der Waals surface area (Å²) in [5.74, 6) is 1.06. The number of aryl methyl sites for hydroxylation is 1. The molecule has 24 heavy (non-hydrogen) atoms. The molecular weight excluding hydrogens is 435 g/mol. The predicted molar refractivity (Wildman–Crippen MR) is 98.8 cm³/mol. The van der Waals surface area contributed by atoms with Gasteiger partial charge < -0.3 is 4.42 Å². The highest BCUT2D eigenvalue weighted by Gasteiger charge is 2.14. The maximum atomic E-state index is 6.16. The topological polar surface area (TPSA) is 56.7 Å². The second-order valence-corrected chi connectivity index (χ2v) is 7.63. The Labute approximate surface area is 161 Å². The van der Waals surface area contributed by atoms with Gasteiger partial charge in [0.2, 0.25) is 5.89 Å². The zero-order valence-corrected chi connectivity index (χ0v) is 16.8. The van der Waals surface area contributed by atoms with Crippen LogP contribution in [0.25, 0.3) is 0 Å². The lowest BCUT2D eigenvalue weighted by Gasteiger charge is -2.04. The normalized spacial score (nSPS) is 11.2. The Bertz CT molecular complexity index is 860. The minimum atomic E-state index is 0.429. The number of rotatable bonds is 5. The van der Waals surface area contributed by atoms with Gasteiger partial charge in [-0.3, -0.25) is 4.68 Å². The van der Waals surface area contributed by atoms with Gasteiger partial charge in [0, 0.05) is 15.8 Å². The molecule has 0 aliphatic heterocycles. The molecule has 0 radical (unpaired) electrons. The van der Waals surface area contributed by atoms with E-state index in [2.05, 4.69) is 31.2 Å². The molecular formula is C15H13BrCl2N4OS. The molecule has 9 heteroatoms. The number of aromatic nitrogens is 4. The van der Waals surface area contributed by atoms with E-state index in [4.69, 9.17) is 27.6 Å². The minimum absolute atomic E-state index is 0.429. The maximum Gasteiger partial charge on any atom is 0.276 e. The molecule has 2 aromatic heterocycles. The molecule has 3 aromatic rings. The first-order chi connectivity index (χ1) is 11.5. The molecule has 0 saturated heterocycles. The summed E-state index contributed by atoms with van der Waals surface area (Å²) in [7, 11) is 0. The number of thioether (sulfide) groups is 1. The number of nitrogens with zero attached hydrogens (tertiary/aromatic N) is 4. The van der Waals surface area contributed by atoms with E-state index < -0.39 is 0 Å². The molecule has 0 unspecified atom stereocenters. The second-order valence-electron chi connectivity index (χ2n) is 5.09. The van der Waals surface area contributed by atoms with Crippen LogP contribution in [0.3, 0.4) is 0 Å². The van der Waals surface area contributed by atoms with E-state index in [1.165, 1.54) is 11.8 Å². The van der Waals surface area contributed by atoms with E-state index in [-0.39, 0.29) is 0 Å². The molecule has 2 heterocycles. The monoisotopic (exact) mass is 446 g/mol. The van der Waals surface area contributed by atoms with Crippen molar-refractivity contribution in [1.82, 2.24) is 20.0 Å². The van der Waals surface area contributed by atoms with Gasteiger partial charge in [0.05, 0.1) is 15.9 Å². The van der Waals surface area contributed by atoms with Crippen LogP contribution in [0.15, 0.2) is 32.3 Å². The summed E-state index contributed by atoms with van der Waals surface area (Å²) < 4.78 is 8.49. The highest BCUT2D eigenvalue weighted by atomic mass is 79.9. The Balaban J connectivity index is 1.68. The molecule has 0 saturated carbocycles. The van der Waals surface area contributed by atoms with Gasteiger partial charge in [-0.15, -0.1) is 10.2 Å². The Morgan fingerprint density at radius 1 is 1.21 bits per heavy atom. The van der Waals surface area contributed by atoms with Crippen LogP contribution < -0.4 is 0 Å². The van der Waals surface area contributed by atoms with Crippen LogP contribution in [-0.4, -0.2) is 20.0 Å². The molecule has 0 atom stereocenters. The number of halogens is 3. The highest BCUT2D eigenvalue weighted by Crippen LogP contribution is 2.31. The molecule has 0 spiro atoms. The van der Waals surface area contributed by atoms with Crippen molar-refractivity contribution in [1.29, 1.82) is 0 Å². The zero-order valence-electron chi connectivity index (χ0n) is 12.9. The van der Waals surface area contributed by atoms with Gasteiger partial charge in [0.15, 0.2) is 0 Å². The molecule has 0 aliphatic carbocycles. The van der Waals surface area contributed by atoms with Crippen molar-refractivity contribution in [2.75, 3.05) is 0 Å². The summed E-state index contributed by atoms with van der Waals surface area (Å²) in [6, 6.07) is 5.43. The predicted octanol–water partition coefficient (Wildman–Crippen LogP) is 5.29. The van der Waals surface area contributed by atoms with Crippen molar-refractivity contribution >= 4 is 50.9 Å². The first kappa shape index (κ1) is 17.8. The summed E-state index contributed by atoms with van der Waals surface area (Å²) in [6.45, 7) is 4.35. The maximum absolute atomic E-state index is 6.16. The van der Waals surface area contributed by atoms with Crippen molar-refractivity contribution in [2.24, 2.45) is 0 Å². The standard InChI is InChI=1S/C15H13BrCl2N4OS/c1-8-14(16)9(2)22(21-8)6-13-19-20-15(23-13)24-7-10-11(17)4-3-5-12(10)18/h3-5H,6-7H2,1-2H3. The smallest absolute Gasteiger partial charge is 0.276 e. The van der Waals surface area contributed by atoms with Crippen molar-refractivity contribution in [3.63, 3.8) is 0 Å². The van der Waals surface area contributed by atoms with Crippen molar-refractivity contribution < 1.29 is 4.42 Å². The summed E-state index contributed by atoms with van der Waals surface area (Å²) >= 11 is 17.2. The molecule has 0 N–H and O–H groups in total. The van der Waals surface area contributed by atoms with Gasteiger partial charge in [-0.1, -0.05) is 41.0 Å². The van der Waals surface area contributed by atoms with Gasteiger partial charge >= 0.3 is 0 Å². The van der Waals surface area contributed by atoms with Gasteiger partial charge in [0.25, 0.3) is 5.22 Å². The van der Waals surface area contributed by atoms with E-state index >= 15 is 0 Å². The lowest BCUT2D eigenvalue weighted by molar-refractivity contribution is 0.396. The molecule has 5 nitrogen and oxygen atoms in total. The number of benzene rings is 1. The summed E-state index contributed by atoms with van der Waals surface area (Å²) in [5.41, 5.74) is 2.80. The number of hydrogen-bond donors (Lipinski definition) is 0. The van der Waals surface area contributed by atoms with Crippen LogP contribution in [0.2, 0.25) is 10.0 Å². The summed E-state index contributed by atoms with van der Waals surface area (Å²) in [6.07, 6.45) is 0. The van der Waals surface area contributed by atoms with Gasteiger partial charge in [-0.2, -0.15) is 5.10 Å². The van der Waals surface area contributed by atoms with Crippen LogP contribution in [-0.2, 0) is 12.3 Å². The lowest BCUT2D eigenvalue weighted by Crippen LogP contribution is -2.04. The summed E-state index contributed by atoms with van der Waals surface area (Å²) in [4.78, 5) is 0. The first-order valence-corrected chi connectivity index (χ1v) is 9.56. The average Bonchev–Trinajstić information content (AvgIpc) is 3.08. The van der Waals surface area contributed by atoms with Gasteiger partial charge in [-0.25, -0.2) is 0 Å². The fraction of sp³-hybridized carbons (Fsp3) is 0.267. The van der Waals surface area contributed by atoms with Crippen molar-refractivity contribution in [3.8, 4) is 0 Å². The molecule has 3 rings (SSSR count). The largest absolute Gasteiger partial charge is 0.414 e. The molecule has 0 aliphatic rings. The van der Waals surface area contributed by atoms with E-state index in [0.717, 1.165) is 21.4 Å². The van der Waals surface area contributed by atoms with Crippen LogP contribution in [0.4, 0.5) is 0 Å². The third kappa shape index (κ3) is 3.79. The number of hydrogen-bond acceptors (Lipinski definition) is 5. The fourth-order valence-corrected chi connectivity index (χ4v) is 3.93. The Hall–Kier alpha value is -1.02. The van der Waals surface area contributed by atoms with Crippen LogP contribution >= 0.6 is 50.9 Å². The first-order valence-electron chi connectivity index (χ1n) is 7.03. The molecule has 0 bridgehead atoms. The Morgan fingerprint density at radius 2 is 1.92 bits per heavy atom. The summed E-state index contributed by atoms with van der Waals surface area (Å²) in [5, 5.41) is 14.3. The van der Waals surface area contributed by atoms with E-state index in [1.807, 2.05) is 36.7 Å². The van der Waals surface area contributed by atoms with Gasteiger partial charge in [0.1, 0.15) is 6.54 Å². The molecule has 1 aromatic carbocycles. The van der Waals surface area contributed by atoms with Gasteiger partial charge in [-0.05, 0) is 47.5 Å². The van der Waals surface area contributed by atoms with Crippen LogP contribution in [0.5, 0.6) is 0 Å². The lowest BCUT2D eigenvalue weighted by atomic mass is 10.2. The van der Waals surface area contributed by atoms with Crippen molar-refractivity contribution in [2.45, 2.75) is 31.4 Å². The zero-order chi connectivity index (χ0) is 17.3. The van der Waals surface area contributed by atoms with E-state index in [1.54, 1.807) is 0 Å². The Kier molecular flexibility index (Phi) is 5.54. The quantitative estimate of drug-likeness (QED) is 0.497. The third-order valence-electron chi connectivity index (χ3n) is 3.43. The third-order valence-corrected chi connectivity index (χ3v) is 6.13. The fourth-order valence-electron chi connectivity index (χ4n) is 2.12. The molecule has 0 amide bonds. The van der Waals surface area contributed by atoms with E-state index in [0.29, 0.717) is 33.5 Å². The van der Waals surface area contributed by atoms with Crippen LogP contribution in [0, 0.1) is 13.8 Å². The van der Waals surface area contributed by atoms with E-state index in [9.17, 15) is 0 Å². The molecule has 0 fully saturated rings. The Morgan fingerprint density at radius 3 is 2.54 bits per heavy atom.